The quantitative estimate of drug-likeness (QED) is 0.831. The highest BCUT2D eigenvalue weighted by Crippen LogP contribution is 2.26. The largest absolute Gasteiger partial charge is 0.368 e. The predicted molar refractivity (Wildman–Crippen MR) is 106 cm³/mol. The van der Waals surface area contributed by atoms with Gasteiger partial charge in [0.1, 0.15) is 17.2 Å². The summed E-state index contributed by atoms with van der Waals surface area (Å²) in [4.78, 5) is 31.5. The van der Waals surface area contributed by atoms with E-state index in [1.165, 1.54) is 0 Å². The molecule has 2 fully saturated rings. The number of hydrogen-bond donors (Lipinski definition) is 1. The summed E-state index contributed by atoms with van der Waals surface area (Å²) in [7, 11) is 0. The van der Waals surface area contributed by atoms with Crippen LogP contribution >= 0.6 is 23.1 Å². The van der Waals surface area contributed by atoms with E-state index in [9.17, 15) is 9.59 Å². The second-order valence-corrected chi connectivity index (χ2v) is 8.41. The number of hydrogen-bond acceptors (Lipinski definition) is 6. The molecule has 1 N–H and O–H groups in total. The van der Waals surface area contributed by atoms with Crippen molar-refractivity contribution in [2.75, 3.05) is 18.2 Å². The van der Waals surface area contributed by atoms with Gasteiger partial charge in [0, 0.05) is 23.3 Å². The summed E-state index contributed by atoms with van der Waals surface area (Å²) >= 11 is 3.17. The number of benzene rings is 1. The zero-order valence-corrected chi connectivity index (χ0v) is 16.4. The molecule has 4 rings (SSSR count). The van der Waals surface area contributed by atoms with E-state index in [0.29, 0.717) is 24.8 Å². The number of ether oxygens (including phenoxy) is 1. The van der Waals surface area contributed by atoms with Gasteiger partial charge in [-0.3, -0.25) is 9.59 Å². The topological polar surface area (TPSA) is 71.5 Å². The van der Waals surface area contributed by atoms with Crippen LogP contribution in [-0.4, -0.2) is 52.1 Å². The fraction of sp³-hybridized carbons (Fsp3) is 0.421. The first-order valence-corrected chi connectivity index (χ1v) is 11.0. The molecule has 0 bridgehead atoms. The van der Waals surface area contributed by atoms with Crippen molar-refractivity contribution < 1.29 is 14.3 Å². The van der Waals surface area contributed by atoms with Crippen LogP contribution in [0.1, 0.15) is 18.5 Å². The molecule has 1 aromatic heterocycles. The highest BCUT2D eigenvalue weighted by molar-refractivity contribution is 7.99. The molecule has 2 amide bonds. The Balaban J connectivity index is 1.35. The van der Waals surface area contributed by atoms with Crippen LogP contribution in [0.25, 0.3) is 10.6 Å². The zero-order chi connectivity index (χ0) is 18.6. The second kappa shape index (κ2) is 8.41. The molecule has 142 valence electrons. The van der Waals surface area contributed by atoms with E-state index in [2.05, 4.69) is 10.3 Å². The minimum Gasteiger partial charge on any atom is -0.368 e. The van der Waals surface area contributed by atoms with Gasteiger partial charge in [0.2, 0.25) is 5.91 Å². The smallest absolute Gasteiger partial charge is 0.253 e. The molecule has 0 saturated carbocycles. The summed E-state index contributed by atoms with van der Waals surface area (Å²) < 4.78 is 5.49. The first-order valence-electron chi connectivity index (χ1n) is 9.00. The molecule has 8 heteroatoms. The summed E-state index contributed by atoms with van der Waals surface area (Å²) in [5.74, 6) is 0.987. The van der Waals surface area contributed by atoms with Gasteiger partial charge in [-0.2, -0.15) is 0 Å². The maximum Gasteiger partial charge on any atom is 0.253 e. The van der Waals surface area contributed by atoms with Crippen LogP contribution in [0.2, 0.25) is 0 Å². The van der Waals surface area contributed by atoms with Crippen molar-refractivity contribution in [2.24, 2.45) is 0 Å². The van der Waals surface area contributed by atoms with Crippen LogP contribution in [0, 0.1) is 0 Å². The Morgan fingerprint density at radius 1 is 1.30 bits per heavy atom. The maximum atomic E-state index is 12.6. The summed E-state index contributed by atoms with van der Waals surface area (Å²) in [6, 6.07) is 9.54. The number of aromatic nitrogens is 1. The lowest BCUT2D eigenvalue weighted by Gasteiger charge is -2.25. The monoisotopic (exact) mass is 403 g/mol. The van der Waals surface area contributed by atoms with Gasteiger partial charge in [-0.05, 0) is 12.8 Å². The third-order valence-electron chi connectivity index (χ3n) is 4.69. The van der Waals surface area contributed by atoms with E-state index in [4.69, 9.17) is 4.74 Å². The Bertz CT molecular complexity index is 806. The van der Waals surface area contributed by atoms with Gasteiger partial charge in [-0.25, -0.2) is 4.98 Å². The predicted octanol–water partition coefficient (Wildman–Crippen LogP) is 2.51. The van der Waals surface area contributed by atoms with Gasteiger partial charge in [-0.15, -0.1) is 23.1 Å². The standard InChI is InChI=1S/C19H21N3O3S2/c23-17(15-11-26-12-22(15)19(24)16-7-4-8-25-16)20-9-14-10-27-18(21-14)13-5-2-1-3-6-13/h1-3,5-6,10,15-16H,4,7-9,11-12H2,(H,20,23)/t15-,16-/m1/s1. The fourth-order valence-electron chi connectivity index (χ4n) is 3.23. The van der Waals surface area contributed by atoms with Crippen molar-refractivity contribution in [3.8, 4) is 10.6 Å². The molecule has 0 radical (unpaired) electrons. The summed E-state index contributed by atoms with van der Waals surface area (Å²) in [5.41, 5.74) is 1.90. The van der Waals surface area contributed by atoms with Crippen molar-refractivity contribution in [1.29, 1.82) is 0 Å². The molecule has 3 heterocycles. The molecule has 2 aromatic rings. The van der Waals surface area contributed by atoms with Crippen LogP contribution in [-0.2, 0) is 20.9 Å². The van der Waals surface area contributed by atoms with Crippen LogP contribution in [0.5, 0.6) is 0 Å². The van der Waals surface area contributed by atoms with Crippen molar-refractivity contribution >= 4 is 34.9 Å². The Morgan fingerprint density at radius 2 is 2.15 bits per heavy atom. The molecular weight excluding hydrogens is 382 g/mol. The molecule has 27 heavy (non-hydrogen) atoms. The van der Waals surface area contributed by atoms with Gasteiger partial charge in [-0.1, -0.05) is 30.3 Å². The molecule has 0 spiro atoms. The van der Waals surface area contributed by atoms with E-state index in [1.807, 2.05) is 35.7 Å². The molecule has 2 saturated heterocycles. The van der Waals surface area contributed by atoms with Crippen molar-refractivity contribution in [1.82, 2.24) is 15.2 Å². The Morgan fingerprint density at radius 3 is 2.93 bits per heavy atom. The van der Waals surface area contributed by atoms with E-state index in [1.54, 1.807) is 28.0 Å². The number of nitrogens with zero attached hydrogens (tertiary/aromatic N) is 2. The van der Waals surface area contributed by atoms with Gasteiger partial charge in [0.25, 0.3) is 5.91 Å². The normalized spacial score (nSPS) is 22.1. The Hall–Kier alpha value is -1.90. The van der Waals surface area contributed by atoms with Crippen LogP contribution in [0.4, 0.5) is 0 Å². The third kappa shape index (κ3) is 4.17. The number of nitrogens with one attached hydrogen (secondary N) is 1. The minimum absolute atomic E-state index is 0.0577. The lowest BCUT2D eigenvalue weighted by Crippen LogP contribution is -2.50. The Kier molecular flexibility index (Phi) is 5.75. The van der Waals surface area contributed by atoms with Gasteiger partial charge in [0.15, 0.2) is 0 Å². The first-order chi connectivity index (χ1) is 13.2. The number of rotatable bonds is 5. The zero-order valence-electron chi connectivity index (χ0n) is 14.8. The fourth-order valence-corrected chi connectivity index (χ4v) is 5.22. The van der Waals surface area contributed by atoms with Crippen LogP contribution in [0.15, 0.2) is 35.7 Å². The number of carbonyl (C=O) groups excluding carboxylic acids is 2. The lowest BCUT2D eigenvalue weighted by atomic mass is 10.2. The molecule has 6 nitrogen and oxygen atoms in total. The first kappa shape index (κ1) is 18.5. The SMILES string of the molecule is O=C(NCc1csc(-c2ccccc2)n1)[C@H]1CSCN1C(=O)[C@H]1CCCO1. The second-order valence-electron chi connectivity index (χ2n) is 6.55. The number of carbonyl (C=O) groups is 2. The molecule has 0 aliphatic carbocycles. The van der Waals surface area contributed by atoms with Crippen LogP contribution < -0.4 is 5.32 Å². The Labute approximate surface area is 166 Å². The molecule has 0 unspecified atom stereocenters. The molecule has 2 atom stereocenters. The summed E-state index contributed by atoms with van der Waals surface area (Å²) in [6.45, 7) is 0.993. The number of thiazole rings is 1. The van der Waals surface area contributed by atoms with Crippen LogP contribution in [0.3, 0.4) is 0 Å². The van der Waals surface area contributed by atoms with E-state index >= 15 is 0 Å². The van der Waals surface area contributed by atoms with Gasteiger partial charge in [0.05, 0.1) is 18.1 Å². The van der Waals surface area contributed by atoms with Crippen molar-refractivity contribution in [3.63, 3.8) is 0 Å². The summed E-state index contributed by atoms with van der Waals surface area (Å²) in [5, 5.41) is 5.83. The van der Waals surface area contributed by atoms with E-state index in [-0.39, 0.29) is 17.9 Å². The van der Waals surface area contributed by atoms with E-state index < -0.39 is 6.04 Å². The van der Waals surface area contributed by atoms with Crippen molar-refractivity contribution in [3.05, 3.63) is 41.4 Å². The van der Waals surface area contributed by atoms with E-state index in [0.717, 1.165) is 29.1 Å². The maximum absolute atomic E-state index is 12.6. The highest BCUT2D eigenvalue weighted by atomic mass is 32.2. The summed E-state index contributed by atoms with van der Waals surface area (Å²) in [6.07, 6.45) is 1.27. The number of thioether (sulfide) groups is 1. The molecular formula is C19H21N3O3S2. The van der Waals surface area contributed by atoms with Crippen molar-refractivity contribution in [2.45, 2.75) is 31.5 Å². The molecule has 2 aliphatic rings. The molecule has 2 aliphatic heterocycles. The van der Waals surface area contributed by atoms with Gasteiger partial charge < -0.3 is 15.0 Å². The van der Waals surface area contributed by atoms with Gasteiger partial charge >= 0.3 is 0 Å². The minimum atomic E-state index is -0.432. The highest BCUT2D eigenvalue weighted by Gasteiger charge is 2.38. The number of amides is 2. The lowest BCUT2D eigenvalue weighted by molar-refractivity contribution is -0.145. The average Bonchev–Trinajstić information content (AvgIpc) is 3.47. The molecule has 1 aromatic carbocycles. The average molecular weight is 404 g/mol. The third-order valence-corrected chi connectivity index (χ3v) is 6.64.